The number of benzene rings is 1. The standard InChI is InChI=1S/C14H18N2O5/c1-2-3-8-21-9-7-15-14(20)16-11-6-4-5-10(12(11)17)13(18)19/h2,4-6,17H,1,3,7-9H2,(H,18,19)(H2,15,16,20). The Labute approximate surface area is 122 Å². The number of carbonyl (C=O) groups is 2. The van der Waals surface area contributed by atoms with Crippen LogP contribution >= 0.6 is 0 Å². The molecule has 1 aromatic carbocycles. The number of amides is 2. The quantitative estimate of drug-likeness (QED) is 0.332. The minimum absolute atomic E-state index is 0.0278. The molecular weight excluding hydrogens is 276 g/mol. The van der Waals surface area contributed by atoms with Crippen molar-refractivity contribution in [2.75, 3.05) is 25.1 Å². The number of carboxylic acids is 1. The minimum atomic E-state index is -1.27. The Morgan fingerprint density at radius 3 is 2.76 bits per heavy atom. The largest absolute Gasteiger partial charge is 0.505 e. The van der Waals surface area contributed by atoms with Crippen LogP contribution in [0.2, 0.25) is 0 Å². The molecule has 0 unspecified atom stereocenters. The van der Waals surface area contributed by atoms with Gasteiger partial charge in [0, 0.05) is 6.54 Å². The number of carbonyl (C=O) groups excluding carboxylic acids is 1. The molecule has 0 aliphatic rings. The van der Waals surface area contributed by atoms with Gasteiger partial charge in [0.25, 0.3) is 0 Å². The Bertz CT molecular complexity index is 516. The van der Waals surface area contributed by atoms with Crippen LogP contribution in [0.5, 0.6) is 5.75 Å². The second-order valence-corrected chi connectivity index (χ2v) is 4.08. The molecule has 0 aromatic heterocycles. The van der Waals surface area contributed by atoms with Crippen LogP contribution in [-0.2, 0) is 4.74 Å². The van der Waals surface area contributed by atoms with Crippen molar-refractivity contribution in [3.05, 3.63) is 36.4 Å². The first-order valence-corrected chi connectivity index (χ1v) is 6.35. The summed E-state index contributed by atoms with van der Waals surface area (Å²) in [6.45, 7) is 4.74. The van der Waals surface area contributed by atoms with E-state index >= 15 is 0 Å². The second kappa shape index (κ2) is 8.60. The molecule has 0 bridgehead atoms. The van der Waals surface area contributed by atoms with E-state index in [2.05, 4.69) is 17.2 Å². The number of urea groups is 1. The fraction of sp³-hybridized carbons (Fsp3) is 0.286. The maximum absolute atomic E-state index is 11.6. The molecule has 114 valence electrons. The number of aromatic carboxylic acids is 1. The van der Waals surface area contributed by atoms with Crippen LogP contribution in [0.25, 0.3) is 0 Å². The van der Waals surface area contributed by atoms with Crippen LogP contribution < -0.4 is 10.6 Å². The molecule has 1 aromatic rings. The van der Waals surface area contributed by atoms with Gasteiger partial charge in [0.15, 0.2) is 5.75 Å². The third kappa shape index (κ3) is 5.53. The van der Waals surface area contributed by atoms with E-state index in [0.717, 1.165) is 6.42 Å². The summed E-state index contributed by atoms with van der Waals surface area (Å²) in [7, 11) is 0. The van der Waals surface area contributed by atoms with Crippen LogP contribution in [0.3, 0.4) is 0 Å². The molecule has 1 rings (SSSR count). The summed E-state index contributed by atoms with van der Waals surface area (Å²) >= 11 is 0. The third-order valence-corrected chi connectivity index (χ3v) is 2.51. The number of carboxylic acid groups (broad SMARTS) is 1. The smallest absolute Gasteiger partial charge is 0.339 e. The predicted octanol–water partition coefficient (Wildman–Crippen LogP) is 1.80. The van der Waals surface area contributed by atoms with Crippen LogP contribution in [0, 0.1) is 0 Å². The number of para-hydroxylation sites is 1. The maximum Gasteiger partial charge on any atom is 0.339 e. The van der Waals surface area contributed by atoms with Gasteiger partial charge in [-0.15, -0.1) is 6.58 Å². The highest BCUT2D eigenvalue weighted by molar-refractivity contribution is 5.97. The number of nitrogens with one attached hydrogen (secondary N) is 2. The molecule has 4 N–H and O–H groups in total. The van der Waals surface area contributed by atoms with Gasteiger partial charge in [-0.25, -0.2) is 9.59 Å². The van der Waals surface area contributed by atoms with Crippen LogP contribution in [0.15, 0.2) is 30.9 Å². The summed E-state index contributed by atoms with van der Waals surface area (Å²) in [6.07, 6.45) is 2.47. The molecule has 0 heterocycles. The number of phenols is 1. The Kier molecular flexibility index (Phi) is 6.76. The summed E-state index contributed by atoms with van der Waals surface area (Å²) in [5, 5.41) is 23.5. The van der Waals surface area contributed by atoms with Crippen molar-refractivity contribution >= 4 is 17.7 Å². The lowest BCUT2D eigenvalue weighted by atomic mass is 10.2. The average Bonchev–Trinajstić information content (AvgIpc) is 2.44. The number of anilines is 1. The van der Waals surface area contributed by atoms with Crippen molar-refractivity contribution in [2.45, 2.75) is 6.42 Å². The van der Waals surface area contributed by atoms with E-state index in [4.69, 9.17) is 9.84 Å². The number of rotatable bonds is 8. The molecule has 0 aliphatic carbocycles. The van der Waals surface area contributed by atoms with E-state index in [0.29, 0.717) is 19.8 Å². The molecule has 0 spiro atoms. The second-order valence-electron chi connectivity index (χ2n) is 4.08. The lowest BCUT2D eigenvalue weighted by molar-refractivity contribution is 0.0693. The number of hydrogen-bond donors (Lipinski definition) is 4. The Morgan fingerprint density at radius 2 is 2.10 bits per heavy atom. The zero-order valence-corrected chi connectivity index (χ0v) is 11.5. The summed E-state index contributed by atoms with van der Waals surface area (Å²) < 4.78 is 5.21. The Balaban J connectivity index is 2.43. The minimum Gasteiger partial charge on any atom is -0.505 e. The van der Waals surface area contributed by atoms with Crippen molar-refractivity contribution in [2.24, 2.45) is 0 Å². The molecule has 21 heavy (non-hydrogen) atoms. The molecule has 7 heteroatoms. The highest BCUT2D eigenvalue weighted by atomic mass is 16.5. The van der Waals surface area contributed by atoms with Crippen LogP contribution in [-0.4, -0.2) is 42.0 Å². The fourth-order valence-corrected chi connectivity index (χ4v) is 1.49. The van der Waals surface area contributed by atoms with Crippen molar-refractivity contribution in [1.29, 1.82) is 0 Å². The highest BCUT2D eigenvalue weighted by Gasteiger charge is 2.14. The Morgan fingerprint density at radius 1 is 1.33 bits per heavy atom. The topological polar surface area (TPSA) is 108 Å². The van der Waals surface area contributed by atoms with Gasteiger partial charge < -0.3 is 25.6 Å². The van der Waals surface area contributed by atoms with Gasteiger partial charge in [0.05, 0.1) is 18.9 Å². The zero-order chi connectivity index (χ0) is 15.7. The molecule has 0 aliphatic heterocycles. The zero-order valence-electron chi connectivity index (χ0n) is 11.5. The van der Waals surface area contributed by atoms with E-state index < -0.39 is 17.7 Å². The highest BCUT2D eigenvalue weighted by Crippen LogP contribution is 2.27. The van der Waals surface area contributed by atoms with Crippen molar-refractivity contribution in [1.82, 2.24) is 5.32 Å². The molecule has 0 radical (unpaired) electrons. The molecule has 0 fully saturated rings. The predicted molar refractivity (Wildman–Crippen MR) is 77.7 cm³/mol. The van der Waals surface area contributed by atoms with E-state index in [1.807, 2.05) is 0 Å². The first-order valence-electron chi connectivity index (χ1n) is 6.35. The molecule has 0 atom stereocenters. The van der Waals surface area contributed by atoms with Gasteiger partial charge >= 0.3 is 12.0 Å². The van der Waals surface area contributed by atoms with Gasteiger partial charge in [-0.3, -0.25) is 0 Å². The van der Waals surface area contributed by atoms with E-state index in [1.54, 1.807) is 6.08 Å². The number of ether oxygens (including phenoxy) is 1. The van der Waals surface area contributed by atoms with Crippen molar-refractivity contribution < 1.29 is 24.5 Å². The monoisotopic (exact) mass is 294 g/mol. The first-order chi connectivity index (χ1) is 10.1. The average molecular weight is 294 g/mol. The normalized spacial score (nSPS) is 9.90. The third-order valence-electron chi connectivity index (χ3n) is 2.51. The lowest BCUT2D eigenvalue weighted by Crippen LogP contribution is -2.31. The lowest BCUT2D eigenvalue weighted by Gasteiger charge is -2.10. The summed E-state index contributed by atoms with van der Waals surface area (Å²) in [6, 6.07) is 3.52. The molecule has 0 saturated heterocycles. The SMILES string of the molecule is C=CCCOCCNC(=O)Nc1cccc(C(=O)O)c1O. The van der Waals surface area contributed by atoms with Gasteiger partial charge in [-0.05, 0) is 18.6 Å². The fourth-order valence-electron chi connectivity index (χ4n) is 1.49. The molecule has 7 nitrogen and oxygen atoms in total. The van der Waals surface area contributed by atoms with Crippen LogP contribution in [0.4, 0.5) is 10.5 Å². The maximum atomic E-state index is 11.6. The molecule has 0 saturated carbocycles. The summed E-state index contributed by atoms with van der Waals surface area (Å²) in [5.41, 5.74) is -0.250. The Hall–Kier alpha value is -2.54. The van der Waals surface area contributed by atoms with Crippen LogP contribution in [0.1, 0.15) is 16.8 Å². The van der Waals surface area contributed by atoms with Gasteiger partial charge in [-0.2, -0.15) is 0 Å². The van der Waals surface area contributed by atoms with Gasteiger partial charge in [0.1, 0.15) is 5.56 Å². The molecule has 2 amide bonds. The van der Waals surface area contributed by atoms with E-state index in [1.165, 1.54) is 18.2 Å². The van der Waals surface area contributed by atoms with E-state index in [-0.39, 0.29) is 11.3 Å². The first kappa shape index (κ1) is 16.5. The number of hydrogen-bond acceptors (Lipinski definition) is 4. The molecular formula is C14H18N2O5. The van der Waals surface area contributed by atoms with Gasteiger partial charge in [0.2, 0.25) is 0 Å². The van der Waals surface area contributed by atoms with Crippen molar-refractivity contribution in [3.63, 3.8) is 0 Å². The van der Waals surface area contributed by atoms with E-state index in [9.17, 15) is 14.7 Å². The number of aromatic hydroxyl groups is 1. The summed E-state index contributed by atoms with van der Waals surface area (Å²) in [5.74, 6) is -1.76. The van der Waals surface area contributed by atoms with Gasteiger partial charge in [-0.1, -0.05) is 12.1 Å². The summed E-state index contributed by atoms with van der Waals surface area (Å²) in [4.78, 5) is 22.4. The van der Waals surface area contributed by atoms with Crippen molar-refractivity contribution in [3.8, 4) is 5.75 Å².